The normalized spacial score (nSPS) is 20.6. The molecule has 368 valence electrons. The summed E-state index contributed by atoms with van der Waals surface area (Å²) in [6.07, 6.45) is 11.8. The van der Waals surface area contributed by atoms with Gasteiger partial charge in [-0.3, -0.25) is 32.5 Å². The molecule has 3 rings (SSSR count). The number of phosphoric acid groups is 3. The Morgan fingerprint density at radius 3 is 2.29 bits per heavy atom. The van der Waals surface area contributed by atoms with E-state index < -0.39 is 84.6 Å². The summed E-state index contributed by atoms with van der Waals surface area (Å²) < 4.78 is 62.4. The lowest BCUT2D eigenvalue weighted by molar-refractivity contribution is -0.137. The molecule has 0 bridgehead atoms. The van der Waals surface area contributed by atoms with Crippen molar-refractivity contribution in [1.82, 2.24) is 30.2 Å². The number of fused-ring (bicyclic) bond motifs is 1. The lowest BCUT2D eigenvalue weighted by Gasteiger charge is -2.30. The number of aliphatic hydroxyl groups is 2. The molecule has 1 aliphatic rings. The number of carbonyl (C=O) groups excluding carboxylic acids is 3. The molecule has 0 aliphatic carbocycles. The van der Waals surface area contributed by atoms with Gasteiger partial charge in [0.25, 0.3) is 0 Å². The second-order valence-electron chi connectivity index (χ2n) is 15.6. The smallest absolute Gasteiger partial charge is 0.386 e. The molecule has 1 saturated heterocycles. The summed E-state index contributed by atoms with van der Waals surface area (Å²) in [7, 11) is -16.4. The van der Waals surface area contributed by atoms with Crippen molar-refractivity contribution in [3.63, 3.8) is 0 Å². The fraction of sp³-hybridized carbons (Fsp3) is 0.676. The van der Waals surface area contributed by atoms with Crippen LogP contribution in [0.5, 0.6) is 0 Å². The van der Waals surface area contributed by atoms with Gasteiger partial charge in [0.2, 0.25) is 11.8 Å². The number of anilines is 1. The van der Waals surface area contributed by atoms with Crippen molar-refractivity contribution in [1.29, 1.82) is 0 Å². The van der Waals surface area contributed by atoms with Crippen LogP contribution in [0.3, 0.4) is 0 Å². The molecule has 10 N–H and O–H groups in total. The van der Waals surface area contributed by atoms with Crippen molar-refractivity contribution in [2.75, 3.05) is 37.8 Å². The number of unbranched alkanes of at least 4 members (excludes halogenated alkanes) is 6. The van der Waals surface area contributed by atoms with Crippen molar-refractivity contribution >= 4 is 69.1 Å². The number of rotatable bonds is 31. The molecular weight excluding hydrogens is 939 g/mol. The van der Waals surface area contributed by atoms with Crippen LogP contribution in [0.4, 0.5) is 5.82 Å². The summed E-state index contributed by atoms with van der Waals surface area (Å²) in [5.74, 6) is -1.05. The second kappa shape index (κ2) is 27.1. The minimum absolute atomic E-state index is 0.0318. The number of phosphoric ester groups is 3. The summed E-state index contributed by atoms with van der Waals surface area (Å²) >= 11 is 1.13. The van der Waals surface area contributed by atoms with Crippen LogP contribution in [-0.2, 0) is 50.7 Å². The predicted octanol–water partition coefficient (Wildman–Crippen LogP) is 3.70. The SMILES string of the molecule is CCCCC/C=C/C/C=C/CCCCCC(=O)SCCNC(=O)CCNC(=O)[C@H](O)C(C)(C)COP(=O)(O)OP(=O)(O)OC[C@H]1O[C@@H](n2cnc3c(N)ncnc32)[C@H](O)[C@@H]1OP(=O)(O)O. The summed E-state index contributed by atoms with van der Waals surface area (Å²) in [6.45, 7) is 2.73. The van der Waals surface area contributed by atoms with Crippen LogP contribution in [0.2, 0.25) is 0 Å². The highest BCUT2D eigenvalue weighted by Gasteiger charge is 2.50. The molecule has 1 aliphatic heterocycles. The summed E-state index contributed by atoms with van der Waals surface area (Å²) in [6, 6.07) is 0. The molecule has 2 aromatic heterocycles. The molecule has 2 unspecified atom stereocenters. The van der Waals surface area contributed by atoms with Gasteiger partial charge in [0.1, 0.15) is 36.3 Å². The van der Waals surface area contributed by atoms with Gasteiger partial charge in [-0.1, -0.05) is 76.1 Å². The Labute approximate surface area is 381 Å². The number of aliphatic hydroxyl groups excluding tert-OH is 2. The number of amides is 2. The zero-order chi connectivity index (χ0) is 48.3. The zero-order valence-electron chi connectivity index (χ0n) is 36.5. The van der Waals surface area contributed by atoms with Crippen molar-refractivity contribution in [3.8, 4) is 0 Å². The van der Waals surface area contributed by atoms with Gasteiger partial charge in [-0.25, -0.2) is 28.6 Å². The number of ether oxygens (including phenoxy) is 1. The maximum absolute atomic E-state index is 12.7. The van der Waals surface area contributed by atoms with Crippen LogP contribution in [0.1, 0.15) is 97.6 Å². The number of aromatic nitrogens is 4. The van der Waals surface area contributed by atoms with Gasteiger partial charge in [0, 0.05) is 37.1 Å². The molecule has 65 heavy (non-hydrogen) atoms. The van der Waals surface area contributed by atoms with Gasteiger partial charge < -0.3 is 50.9 Å². The minimum atomic E-state index is -5.58. The molecular formula is C37H62N7O17P3S. The molecule has 0 radical (unpaired) electrons. The van der Waals surface area contributed by atoms with E-state index in [2.05, 4.69) is 65.6 Å². The lowest BCUT2D eigenvalue weighted by atomic mass is 9.87. The van der Waals surface area contributed by atoms with E-state index in [-0.39, 0.29) is 41.6 Å². The maximum Gasteiger partial charge on any atom is 0.481 e. The molecule has 7 atom stereocenters. The standard InChI is InChI=1S/C37H62N7O17P3S/c1-4-5-6-7-8-9-10-11-12-13-14-15-16-17-28(46)65-21-20-39-27(45)18-19-40-35(49)32(48)37(2,3)23-58-64(55,56)61-63(53,54)57-22-26-31(60-62(50,51)52)30(47)36(59-26)44-25-43-29-33(38)41-24-42-34(29)44/h8-9,11-12,24-26,30-32,36,47-48H,4-7,10,13-23H2,1-3H3,(H,39,45)(H,40,49)(H,53,54)(H,55,56)(H2,38,41,42)(H2,50,51,52)/b9-8+,12-11+/t26-,30-,31-,32+,36-/m1/s1. The van der Waals surface area contributed by atoms with Gasteiger partial charge in [-0.15, -0.1) is 0 Å². The van der Waals surface area contributed by atoms with Crippen LogP contribution >= 0.6 is 35.2 Å². The maximum atomic E-state index is 12.7. The Morgan fingerprint density at radius 2 is 1.62 bits per heavy atom. The van der Waals surface area contributed by atoms with E-state index in [0.717, 1.165) is 67.5 Å². The van der Waals surface area contributed by atoms with Crippen molar-refractivity contribution < 1.29 is 80.5 Å². The van der Waals surface area contributed by atoms with Gasteiger partial charge in [0.05, 0.1) is 19.5 Å². The summed E-state index contributed by atoms with van der Waals surface area (Å²) in [5, 5.41) is 26.6. The van der Waals surface area contributed by atoms with E-state index in [9.17, 15) is 57.9 Å². The number of carbonyl (C=O) groups is 3. The Balaban J connectivity index is 1.34. The highest BCUT2D eigenvalue weighted by molar-refractivity contribution is 8.13. The Hall–Kier alpha value is -2.96. The fourth-order valence-electron chi connectivity index (χ4n) is 6.09. The molecule has 24 nitrogen and oxygen atoms in total. The lowest BCUT2D eigenvalue weighted by Crippen LogP contribution is -2.46. The van der Waals surface area contributed by atoms with Crippen LogP contribution in [-0.4, -0.2) is 123 Å². The van der Waals surface area contributed by atoms with Crippen LogP contribution in [0.25, 0.3) is 11.2 Å². The third-order valence-corrected chi connectivity index (χ3v) is 13.6. The third kappa shape index (κ3) is 20.4. The van der Waals surface area contributed by atoms with Crippen molar-refractivity contribution in [2.45, 2.75) is 122 Å². The molecule has 2 amide bonds. The second-order valence-corrected chi connectivity index (χ2v) is 21.0. The first-order valence-corrected chi connectivity index (χ1v) is 26.4. The third-order valence-electron chi connectivity index (χ3n) is 9.60. The quantitative estimate of drug-likeness (QED) is 0.0295. The van der Waals surface area contributed by atoms with E-state index in [0.29, 0.717) is 12.2 Å². The molecule has 2 aromatic rings. The van der Waals surface area contributed by atoms with Crippen LogP contribution in [0, 0.1) is 5.41 Å². The number of nitrogens with one attached hydrogen (secondary N) is 2. The summed E-state index contributed by atoms with van der Waals surface area (Å²) in [5.41, 5.74) is 4.28. The number of nitrogens with two attached hydrogens (primary N) is 1. The van der Waals surface area contributed by atoms with Crippen LogP contribution < -0.4 is 16.4 Å². The average molecular weight is 1000 g/mol. The Bertz CT molecular complexity index is 2050. The number of thioether (sulfide) groups is 1. The molecule has 0 aromatic carbocycles. The molecule has 3 heterocycles. The van der Waals surface area contributed by atoms with Gasteiger partial charge >= 0.3 is 23.5 Å². The van der Waals surface area contributed by atoms with E-state index in [1.807, 2.05) is 0 Å². The van der Waals surface area contributed by atoms with Crippen molar-refractivity contribution in [3.05, 3.63) is 37.0 Å². The minimum Gasteiger partial charge on any atom is -0.386 e. The first-order valence-electron chi connectivity index (χ1n) is 20.9. The monoisotopic (exact) mass is 1000 g/mol. The number of hydrogen-bond donors (Lipinski definition) is 9. The zero-order valence-corrected chi connectivity index (χ0v) is 40.0. The highest BCUT2D eigenvalue weighted by atomic mass is 32.2. The van der Waals surface area contributed by atoms with Crippen LogP contribution in [0.15, 0.2) is 37.0 Å². The molecule has 28 heteroatoms. The molecule has 0 spiro atoms. The van der Waals surface area contributed by atoms with E-state index in [1.54, 1.807) is 0 Å². The molecule has 0 saturated carbocycles. The first kappa shape index (κ1) is 56.4. The summed E-state index contributed by atoms with van der Waals surface area (Å²) in [4.78, 5) is 88.2. The fourth-order valence-corrected chi connectivity index (χ4v) is 9.64. The average Bonchev–Trinajstić information content (AvgIpc) is 3.79. The topological polar surface area (TPSA) is 364 Å². The number of nitrogens with zero attached hydrogens (tertiary/aromatic N) is 4. The van der Waals surface area contributed by atoms with Gasteiger partial charge in [-0.05, 0) is 38.5 Å². The number of nitrogen functional groups attached to an aromatic ring is 1. The number of hydrogen-bond acceptors (Lipinski definition) is 18. The van der Waals surface area contributed by atoms with E-state index >= 15 is 0 Å². The first-order chi connectivity index (χ1) is 30.6. The van der Waals surface area contributed by atoms with Gasteiger partial charge in [0.15, 0.2) is 22.8 Å². The highest BCUT2D eigenvalue weighted by Crippen LogP contribution is 2.61. The molecule has 1 fully saturated rings. The van der Waals surface area contributed by atoms with E-state index in [1.165, 1.54) is 33.1 Å². The number of allylic oxidation sites excluding steroid dienone is 4. The Morgan fingerprint density at radius 1 is 0.938 bits per heavy atom. The number of imidazole rings is 1. The Kier molecular flexibility index (Phi) is 23.5. The van der Waals surface area contributed by atoms with Gasteiger partial charge in [-0.2, -0.15) is 4.31 Å². The predicted molar refractivity (Wildman–Crippen MR) is 237 cm³/mol. The van der Waals surface area contributed by atoms with E-state index in [4.69, 9.17) is 19.5 Å². The van der Waals surface area contributed by atoms with Crippen molar-refractivity contribution in [2.24, 2.45) is 5.41 Å². The largest absolute Gasteiger partial charge is 0.481 e.